The molecule has 0 heterocycles. The van der Waals surface area contributed by atoms with Crippen molar-refractivity contribution in [1.29, 1.82) is 0 Å². The minimum atomic E-state index is -0.265. The fraction of sp³-hybridized carbons (Fsp3) is 0.500. The molecule has 0 bridgehead atoms. The predicted octanol–water partition coefficient (Wildman–Crippen LogP) is 2.88. The van der Waals surface area contributed by atoms with E-state index in [0.717, 1.165) is 19.3 Å². The van der Waals surface area contributed by atoms with Gasteiger partial charge in [0.25, 0.3) is 5.91 Å². The highest BCUT2D eigenvalue weighted by molar-refractivity contribution is 9.09. The molecule has 0 radical (unpaired) electrons. The van der Waals surface area contributed by atoms with Crippen molar-refractivity contribution >= 4 is 21.8 Å². The maximum absolute atomic E-state index is 12.4. The molecule has 1 aromatic carbocycles. The Kier molecular flexibility index (Phi) is 4.34. The van der Waals surface area contributed by atoms with Crippen LogP contribution in [-0.2, 0) is 0 Å². The molecule has 2 N–H and O–H groups in total. The van der Waals surface area contributed by atoms with Crippen LogP contribution in [0.4, 0.5) is 0 Å². The standard InChI is InChI=1S/C14H18BrNO3/c1-16(11-5-3-2-4-10(11)15)14(19)9-6-7-12(17)13(18)8-9/h6-8,10-11,17-18H,2-5H2,1H3. The van der Waals surface area contributed by atoms with E-state index in [9.17, 15) is 15.0 Å². The van der Waals surface area contributed by atoms with Gasteiger partial charge in [-0.1, -0.05) is 28.8 Å². The van der Waals surface area contributed by atoms with Gasteiger partial charge in [0.15, 0.2) is 11.5 Å². The van der Waals surface area contributed by atoms with E-state index in [-0.39, 0.29) is 23.4 Å². The molecule has 1 aliphatic carbocycles. The van der Waals surface area contributed by atoms with Gasteiger partial charge in [0, 0.05) is 23.5 Å². The molecular weight excluding hydrogens is 310 g/mol. The molecular formula is C14H18BrNO3. The van der Waals surface area contributed by atoms with Gasteiger partial charge in [-0.15, -0.1) is 0 Å². The number of phenols is 2. The van der Waals surface area contributed by atoms with E-state index in [0.29, 0.717) is 10.4 Å². The van der Waals surface area contributed by atoms with Crippen molar-refractivity contribution in [3.8, 4) is 11.5 Å². The highest BCUT2D eigenvalue weighted by atomic mass is 79.9. The summed E-state index contributed by atoms with van der Waals surface area (Å²) in [5, 5.41) is 18.7. The van der Waals surface area contributed by atoms with Gasteiger partial charge in [0.2, 0.25) is 0 Å². The van der Waals surface area contributed by atoms with Gasteiger partial charge in [0.05, 0.1) is 0 Å². The van der Waals surface area contributed by atoms with Crippen LogP contribution in [0, 0.1) is 0 Å². The SMILES string of the molecule is CN(C(=O)c1ccc(O)c(O)c1)C1CCCCC1Br. The highest BCUT2D eigenvalue weighted by Gasteiger charge is 2.29. The maximum atomic E-state index is 12.4. The Hall–Kier alpha value is -1.23. The molecule has 0 aromatic heterocycles. The van der Waals surface area contributed by atoms with Crippen LogP contribution < -0.4 is 0 Å². The number of aromatic hydroxyl groups is 2. The smallest absolute Gasteiger partial charge is 0.254 e. The summed E-state index contributed by atoms with van der Waals surface area (Å²) in [6, 6.07) is 4.35. The molecule has 1 fully saturated rings. The van der Waals surface area contributed by atoms with Crippen molar-refractivity contribution in [2.75, 3.05) is 7.05 Å². The molecule has 0 aliphatic heterocycles. The number of hydrogen-bond donors (Lipinski definition) is 2. The van der Waals surface area contributed by atoms with E-state index in [2.05, 4.69) is 15.9 Å². The van der Waals surface area contributed by atoms with Crippen molar-refractivity contribution in [2.24, 2.45) is 0 Å². The average molecular weight is 328 g/mol. The van der Waals surface area contributed by atoms with Gasteiger partial charge in [-0.3, -0.25) is 4.79 Å². The van der Waals surface area contributed by atoms with E-state index in [1.54, 1.807) is 11.9 Å². The van der Waals surface area contributed by atoms with E-state index in [4.69, 9.17) is 0 Å². The number of alkyl halides is 1. The van der Waals surface area contributed by atoms with Gasteiger partial charge >= 0.3 is 0 Å². The van der Waals surface area contributed by atoms with Crippen LogP contribution in [0.5, 0.6) is 11.5 Å². The quantitative estimate of drug-likeness (QED) is 0.648. The summed E-state index contributed by atoms with van der Waals surface area (Å²) in [5.41, 5.74) is 0.392. The zero-order valence-electron chi connectivity index (χ0n) is 10.8. The predicted molar refractivity (Wildman–Crippen MR) is 76.8 cm³/mol. The van der Waals surface area contributed by atoms with Crippen LogP contribution in [0.25, 0.3) is 0 Å². The Morgan fingerprint density at radius 1 is 1.26 bits per heavy atom. The molecule has 2 atom stereocenters. The minimum Gasteiger partial charge on any atom is -0.504 e. The zero-order chi connectivity index (χ0) is 14.0. The third-order valence-electron chi connectivity index (χ3n) is 3.69. The number of amides is 1. The molecule has 4 nitrogen and oxygen atoms in total. The molecule has 19 heavy (non-hydrogen) atoms. The minimum absolute atomic E-state index is 0.133. The summed E-state index contributed by atoms with van der Waals surface area (Å²) >= 11 is 3.64. The third-order valence-corrected chi connectivity index (χ3v) is 4.76. The van der Waals surface area contributed by atoms with Crippen molar-refractivity contribution < 1.29 is 15.0 Å². The lowest BCUT2D eigenvalue weighted by Crippen LogP contribution is -2.44. The van der Waals surface area contributed by atoms with Gasteiger partial charge in [-0.2, -0.15) is 0 Å². The summed E-state index contributed by atoms with van der Waals surface area (Å²) in [6.45, 7) is 0. The van der Waals surface area contributed by atoms with Crippen molar-refractivity contribution in [3.05, 3.63) is 23.8 Å². The molecule has 2 unspecified atom stereocenters. The molecule has 2 rings (SSSR count). The second-order valence-corrected chi connectivity index (χ2v) is 6.16. The molecule has 0 spiro atoms. The van der Waals surface area contributed by atoms with Crippen LogP contribution >= 0.6 is 15.9 Å². The first-order valence-electron chi connectivity index (χ1n) is 6.44. The lowest BCUT2D eigenvalue weighted by molar-refractivity contribution is 0.0704. The summed E-state index contributed by atoms with van der Waals surface area (Å²) in [7, 11) is 1.79. The topological polar surface area (TPSA) is 60.8 Å². The van der Waals surface area contributed by atoms with Crippen LogP contribution in [0.1, 0.15) is 36.0 Å². The van der Waals surface area contributed by atoms with Crippen LogP contribution in [-0.4, -0.2) is 38.9 Å². The Balaban J connectivity index is 2.15. The number of benzene rings is 1. The van der Waals surface area contributed by atoms with E-state index < -0.39 is 0 Å². The molecule has 0 saturated heterocycles. The average Bonchev–Trinajstić information content (AvgIpc) is 2.41. The Bertz CT molecular complexity index is 478. The maximum Gasteiger partial charge on any atom is 0.254 e. The number of hydrogen-bond acceptors (Lipinski definition) is 3. The fourth-order valence-electron chi connectivity index (χ4n) is 2.51. The lowest BCUT2D eigenvalue weighted by atomic mass is 9.94. The molecule has 1 saturated carbocycles. The number of rotatable bonds is 2. The van der Waals surface area contributed by atoms with Gasteiger partial charge in [-0.25, -0.2) is 0 Å². The number of nitrogens with zero attached hydrogens (tertiary/aromatic N) is 1. The summed E-state index contributed by atoms with van der Waals surface area (Å²) in [4.78, 5) is 14.4. The molecule has 104 valence electrons. The van der Waals surface area contributed by atoms with Crippen molar-refractivity contribution in [2.45, 2.75) is 36.6 Å². The first-order valence-corrected chi connectivity index (χ1v) is 7.35. The molecule has 1 aromatic rings. The summed E-state index contributed by atoms with van der Waals surface area (Å²) in [6.07, 6.45) is 4.38. The highest BCUT2D eigenvalue weighted by Crippen LogP contribution is 2.30. The first-order chi connectivity index (χ1) is 9.00. The van der Waals surface area contributed by atoms with E-state index in [1.807, 2.05) is 0 Å². The summed E-state index contributed by atoms with van der Waals surface area (Å²) in [5.74, 6) is -0.611. The normalized spacial score (nSPS) is 23.1. The third kappa shape index (κ3) is 3.03. The number of carbonyl (C=O) groups is 1. The second-order valence-electron chi connectivity index (χ2n) is 4.99. The largest absolute Gasteiger partial charge is 0.504 e. The number of carbonyl (C=O) groups excluding carboxylic acids is 1. The lowest BCUT2D eigenvalue weighted by Gasteiger charge is -2.35. The Labute approximate surface area is 121 Å². The van der Waals surface area contributed by atoms with Crippen molar-refractivity contribution in [3.63, 3.8) is 0 Å². The Morgan fingerprint density at radius 3 is 2.58 bits per heavy atom. The van der Waals surface area contributed by atoms with Crippen LogP contribution in [0.15, 0.2) is 18.2 Å². The zero-order valence-corrected chi connectivity index (χ0v) is 12.4. The second kappa shape index (κ2) is 5.82. The molecule has 1 aliphatic rings. The Morgan fingerprint density at radius 2 is 1.95 bits per heavy atom. The van der Waals surface area contributed by atoms with E-state index in [1.165, 1.54) is 24.6 Å². The first kappa shape index (κ1) is 14.2. The molecule has 1 amide bonds. The number of phenolic OH excluding ortho intramolecular Hbond substituents is 2. The fourth-order valence-corrected chi connectivity index (χ4v) is 3.46. The number of halogens is 1. The van der Waals surface area contributed by atoms with Crippen molar-refractivity contribution in [1.82, 2.24) is 4.90 Å². The monoisotopic (exact) mass is 327 g/mol. The molecule has 5 heteroatoms. The van der Waals surface area contributed by atoms with Gasteiger partial charge < -0.3 is 15.1 Å². The van der Waals surface area contributed by atoms with Gasteiger partial charge in [0.1, 0.15) is 0 Å². The summed E-state index contributed by atoms with van der Waals surface area (Å²) < 4.78 is 0. The van der Waals surface area contributed by atoms with E-state index >= 15 is 0 Å². The van der Waals surface area contributed by atoms with Crippen LogP contribution in [0.2, 0.25) is 0 Å². The van der Waals surface area contributed by atoms with Crippen LogP contribution in [0.3, 0.4) is 0 Å². The van der Waals surface area contributed by atoms with Gasteiger partial charge in [-0.05, 0) is 31.0 Å².